The number of nitrogens with one attached hydrogen (secondary N) is 2. The molecule has 0 saturated heterocycles. The second kappa shape index (κ2) is 4.39. The van der Waals surface area contributed by atoms with E-state index >= 15 is 0 Å². The summed E-state index contributed by atoms with van der Waals surface area (Å²) < 4.78 is 4.98. The second-order valence-electron chi connectivity index (χ2n) is 2.92. The van der Waals surface area contributed by atoms with E-state index in [1.165, 1.54) is 0 Å². The summed E-state index contributed by atoms with van der Waals surface area (Å²) in [7, 11) is 1.56. The van der Waals surface area contributed by atoms with Crippen LogP contribution >= 0.6 is 0 Å². The number of aromatic nitrogens is 4. The Kier molecular flexibility index (Phi) is 2.77. The standard InChI is InChI=1S/C9H9N5O2/c1-16-7-4-2-6(3-5-7)8(15)10-9-11-13-14-12-9/h2-5H,1H3,(H2,10,11,12,13,14,15). The lowest BCUT2D eigenvalue weighted by atomic mass is 10.2. The second-order valence-corrected chi connectivity index (χ2v) is 2.92. The zero-order valence-corrected chi connectivity index (χ0v) is 8.47. The number of nitrogens with zero attached hydrogens (tertiary/aromatic N) is 3. The normalized spacial score (nSPS) is 9.81. The molecule has 0 bridgehead atoms. The van der Waals surface area contributed by atoms with Crippen molar-refractivity contribution in [1.82, 2.24) is 20.6 Å². The summed E-state index contributed by atoms with van der Waals surface area (Å²) >= 11 is 0. The lowest BCUT2D eigenvalue weighted by molar-refractivity contribution is 0.102. The maximum atomic E-state index is 11.6. The summed E-state index contributed by atoms with van der Waals surface area (Å²) in [5.41, 5.74) is 0.491. The van der Waals surface area contributed by atoms with E-state index in [1.807, 2.05) is 0 Å². The van der Waals surface area contributed by atoms with Crippen LogP contribution in [0.25, 0.3) is 0 Å². The van der Waals surface area contributed by atoms with Crippen LogP contribution in [0, 0.1) is 0 Å². The molecule has 0 fully saturated rings. The van der Waals surface area contributed by atoms with Crippen molar-refractivity contribution < 1.29 is 9.53 Å². The van der Waals surface area contributed by atoms with Gasteiger partial charge in [0.2, 0.25) is 0 Å². The minimum absolute atomic E-state index is 0.140. The molecule has 2 aromatic rings. The lowest BCUT2D eigenvalue weighted by Crippen LogP contribution is -2.12. The van der Waals surface area contributed by atoms with Gasteiger partial charge in [-0.25, -0.2) is 0 Å². The molecule has 82 valence electrons. The van der Waals surface area contributed by atoms with Crippen molar-refractivity contribution in [2.75, 3.05) is 12.4 Å². The molecular formula is C9H9N5O2. The number of tetrazole rings is 1. The molecule has 1 aromatic carbocycles. The Labute approximate surface area is 90.8 Å². The van der Waals surface area contributed by atoms with Crippen LogP contribution in [0.5, 0.6) is 5.75 Å². The highest BCUT2D eigenvalue weighted by atomic mass is 16.5. The van der Waals surface area contributed by atoms with Gasteiger partial charge in [0.1, 0.15) is 5.75 Å². The lowest BCUT2D eigenvalue weighted by Gasteiger charge is -2.02. The molecule has 0 aliphatic rings. The number of methoxy groups -OCH3 is 1. The highest BCUT2D eigenvalue weighted by Gasteiger charge is 2.08. The topological polar surface area (TPSA) is 92.8 Å². The van der Waals surface area contributed by atoms with Gasteiger partial charge in [-0.1, -0.05) is 5.10 Å². The summed E-state index contributed by atoms with van der Waals surface area (Å²) in [4.78, 5) is 11.6. The first-order valence-electron chi connectivity index (χ1n) is 4.48. The van der Waals surface area contributed by atoms with Crippen molar-refractivity contribution in [1.29, 1.82) is 0 Å². The van der Waals surface area contributed by atoms with E-state index in [4.69, 9.17) is 4.74 Å². The zero-order chi connectivity index (χ0) is 11.4. The predicted octanol–water partition coefficient (Wildman–Crippen LogP) is 0.461. The minimum Gasteiger partial charge on any atom is -0.497 e. The van der Waals surface area contributed by atoms with Crippen LogP contribution in [0.4, 0.5) is 5.95 Å². The van der Waals surface area contributed by atoms with Crippen LogP contribution in [0.2, 0.25) is 0 Å². The number of aromatic amines is 1. The van der Waals surface area contributed by atoms with E-state index in [9.17, 15) is 4.79 Å². The largest absolute Gasteiger partial charge is 0.497 e. The zero-order valence-electron chi connectivity index (χ0n) is 8.47. The molecule has 0 radical (unpaired) electrons. The maximum absolute atomic E-state index is 11.6. The molecule has 1 heterocycles. The fourth-order valence-corrected chi connectivity index (χ4v) is 1.13. The van der Waals surface area contributed by atoms with Gasteiger partial charge in [0.15, 0.2) is 0 Å². The van der Waals surface area contributed by atoms with E-state index in [0.29, 0.717) is 11.3 Å². The first-order chi connectivity index (χ1) is 7.79. The summed E-state index contributed by atoms with van der Waals surface area (Å²) in [5, 5.41) is 15.3. The van der Waals surface area contributed by atoms with Crippen molar-refractivity contribution >= 4 is 11.9 Å². The maximum Gasteiger partial charge on any atom is 0.270 e. The van der Waals surface area contributed by atoms with Gasteiger partial charge in [0.05, 0.1) is 7.11 Å². The Balaban J connectivity index is 2.09. The van der Waals surface area contributed by atoms with E-state index in [2.05, 4.69) is 25.9 Å². The van der Waals surface area contributed by atoms with Crippen LogP contribution < -0.4 is 10.1 Å². The monoisotopic (exact) mass is 219 g/mol. The molecule has 1 aromatic heterocycles. The average Bonchev–Trinajstić information content (AvgIpc) is 2.82. The number of hydrogen-bond acceptors (Lipinski definition) is 5. The van der Waals surface area contributed by atoms with Crippen molar-refractivity contribution in [3.8, 4) is 5.75 Å². The minimum atomic E-state index is -0.302. The number of H-pyrrole nitrogens is 1. The van der Waals surface area contributed by atoms with Crippen LogP contribution in [-0.2, 0) is 0 Å². The van der Waals surface area contributed by atoms with Gasteiger partial charge in [-0.2, -0.15) is 5.21 Å². The number of ether oxygens (including phenoxy) is 1. The van der Waals surface area contributed by atoms with Gasteiger partial charge in [-0.15, -0.1) is 5.10 Å². The van der Waals surface area contributed by atoms with Crippen molar-refractivity contribution in [3.63, 3.8) is 0 Å². The van der Waals surface area contributed by atoms with E-state index in [1.54, 1.807) is 31.4 Å². The van der Waals surface area contributed by atoms with E-state index in [-0.39, 0.29) is 11.9 Å². The molecule has 0 atom stereocenters. The Bertz CT molecular complexity index is 465. The van der Waals surface area contributed by atoms with Gasteiger partial charge in [0, 0.05) is 5.56 Å². The predicted molar refractivity (Wildman–Crippen MR) is 55.1 cm³/mol. The highest BCUT2D eigenvalue weighted by molar-refractivity contribution is 6.03. The molecular weight excluding hydrogens is 210 g/mol. The number of hydrogen-bond donors (Lipinski definition) is 2. The highest BCUT2D eigenvalue weighted by Crippen LogP contribution is 2.11. The van der Waals surface area contributed by atoms with Crippen molar-refractivity contribution in [2.45, 2.75) is 0 Å². The van der Waals surface area contributed by atoms with Gasteiger partial charge < -0.3 is 4.74 Å². The Morgan fingerprint density at radius 3 is 2.69 bits per heavy atom. The van der Waals surface area contributed by atoms with Crippen molar-refractivity contribution in [2.24, 2.45) is 0 Å². The van der Waals surface area contributed by atoms with Crippen molar-refractivity contribution in [3.05, 3.63) is 29.8 Å². The molecule has 7 nitrogen and oxygen atoms in total. The smallest absolute Gasteiger partial charge is 0.270 e. The van der Waals surface area contributed by atoms with E-state index in [0.717, 1.165) is 0 Å². The van der Waals surface area contributed by atoms with E-state index < -0.39 is 0 Å². The molecule has 7 heteroatoms. The third-order valence-corrected chi connectivity index (χ3v) is 1.92. The summed E-state index contributed by atoms with van der Waals surface area (Å²) in [6, 6.07) is 6.69. The number of amides is 1. The summed E-state index contributed by atoms with van der Waals surface area (Å²) in [5.74, 6) is 0.529. The van der Waals surface area contributed by atoms with Crippen LogP contribution in [0.1, 0.15) is 10.4 Å². The molecule has 0 aliphatic carbocycles. The van der Waals surface area contributed by atoms with Gasteiger partial charge in [0.25, 0.3) is 11.9 Å². The SMILES string of the molecule is COc1ccc(C(=O)Nc2nn[nH]n2)cc1. The number of benzene rings is 1. The summed E-state index contributed by atoms with van der Waals surface area (Å²) in [6.45, 7) is 0. The van der Waals surface area contributed by atoms with Gasteiger partial charge in [-0.3, -0.25) is 10.1 Å². The van der Waals surface area contributed by atoms with Gasteiger partial charge >= 0.3 is 0 Å². The fraction of sp³-hybridized carbons (Fsp3) is 0.111. The van der Waals surface area contributed by atoms with Crippen LogP contribution in [0.15, 0.2) is 24.3 Å². The molecule has 0 spiro atoms. The van der Waals surface area contributed by atoms with Crippen LogP contribution in [-0.4, -0.2) is 33.6 Å². The number of carbonyl (C=O) groups is 1. The average molecular weight is 219 g/mol. The molecule has 0 saturated carbocycles. The van der Waals surface area contributed by atoms with Gasteiger partial charge in [-0.05, 0) is 29.5 Å². The first-order valence-corrected chi connectivity index (χ1v) is 4.48. The Morgan fingerprint density at radius 1 is 1.38 bits per heavy atom. The molecule has 0 aliphatic heterocycles. The number of carbonyl (C=O) groups excluding carboxylic acids is 1. The molecule has 0 unspecified atom stereocenters. The quantitative estimate of drug-likeness (QED) is 0.782. The Hall–Kier alpha value is -2.44. The molecule has 2 N–H and O–H groups in total. The summed E-state index contributed by atoms with van der Waals surface area (Å²) in [6.07, 6.45) is 0. The number of rotatable bonds is 3. The first kappa shape index (κ1) is 10.1. The van der Waals surface area contributed by atoms with Crippen LogP contribution in [0.3, 0.4) is 0 Å². The third-order valence-electron chi connectivity index (χ3n) is 1.92. The number of anilines is 1. The third kappa shape index (κ3) is 2.14. The Morgan fingerprint density at radius 2 is 2.12 bits per heavy atom. The molecule has 1 amide bonds. The fourth-order valence-electron chi connectivity index (χ4n) is 1.13. The molecule has 2 rings (SSSR count). The molecule has 16 heavy (non-hydrogen) atoms.